The fourth-order valence-electron chi connectivity index (χ4n) is 1.63. The molecule has 108 valence electrons. The highest BCUT2D eigenvalue weighted by atomic mass is 32.2. The molecule has 3 rings (SSSR count). The molecule has 0 fully saturated rings. The molecule has 0 spiro atoms. The smallest absolute Gasteiger partial charge is 0.229 e. The topological polar surface area (TPSA) is 93.4 Å². The first-order valence-corrected chi connectivity index (χ1v) is 7.49. The van der Waals surface area contributed by atoms with Crippen LogP contribution in [0.25, 0.3) is 11.4 Å². The third-order valence-corrected chi connectivity index (χ3v) is 3.55. The van der Waals surface area contributed by atoms with Gasteiger partial charge in [0.05, 0.1) is 5.75 Å². The summed E-state index contributed by atoms with van der Waals surface area (Å²) in [6.07, 6.45) is 3.46. The molecule has 0 bridgehead atoms. The van der Waals surface area contributed by atoms with Crippen molar-refractivity contribution in [2.75, 3.05) is 0 Å². The lowest BCUT2D eigenvalue weighted by molar-refractivity contribution is 0.362. The molecule has 0 aromatic carbocycles. The third kappa shape index (κ3) is 3.27. The van der Waals surface area contributed by atoms with E-state index in [1.807, 2.05) is 26.0 Å². The normalized spacial score (nSPS) is 11.2. The maximum absolute atomic E-state index is 5.16. The molecule has 0 atom stereocenters. The molecule has 0 saturated heterocycles. The van der Waals surface area contributed by atoms with Crippen molar-refractivity contribution in [2.24, 2.45) is 0 Å². The van der Waals surface area contributed by atoms with Crippen molar-refractivity contribution in [3.05, 3.63) is 36.2 Å². The Morgan fingerprint density at radius 2 is 2.24 bits per heavy atom. The molecule has 3 aromatic rings. The first-order chi connectivity index (χ1) is 10.2. The minimum atomic E-state index is 0.233. The molecule has 7 nitrogen and oxygen atoms in total. The van der Waals surface area contributed by atoms with Gasteiger partial charge in [-0.2, -0.15) is 4.98 Å². The summed E-state index contributed by atoms with van der Waals surface area (Å²) in [7, 11) is 0. The molecule has 0 unspecified atom stereocenters. The number of hydrogen-bond donors (Lipinski definition) is 1. The van der Waals surface area contributed by atoms with E-state index in [4.69, 9.17) is 4.52 Å². The highest BCUT2D eigenvalue weighted by Gasteiger charge is 2.12. The molecule has 0 amide bonds. The van der Waals surface area contributed by atoms with Crippen LogP contribution in [0.1, 0.15) is 31.5 Å². The van der Waals surface area contributed by atoms with E-state index in [1.165, 1.54) is 11.8 Å². The number of aromatic nitrogens is 6. The van der Waals surface area contributed by atoms with E-state index in [-0.39, 0.29) is 5.92 Å². The van der Waals surface area contributed by atoms with Crippen LogP contribution in [0.3, 0.4) is 0 Å². The van der Waals surface area contributed by atoms with Crippen LogP contribution in [0.15, 0.2) is 34.2 Å². The second-order valence-electron chi connectivity index (χ2n) is 4.70. The Morgan fingerprint density at radius 3 is 2.95 bits per heavy atom. The maximum Gasteiger partial charge on any atom is 0.229 e. The molecule has 0 saturated carbocycles. The lowest BCUT2D eigenvalue weighted by Gasteiger charge is -1.93. The highest BCUT2D eigenvalue weighted by Crippen LogP contribution is 2.21. The SMILES string of the molecule is CC(C)c1nc(CSc2n[nH]c(-c3cccnc3)n2)no1. The number of aromatic amines is 1. The average molecular weight is 302 g/mol. The predicted octanol–water partition coefficient (Wildman–Crippen LogP) is 2.67. The van der Waals surface area contributed by atoms with Gasteiger partial charge in [0.1, 0.15) is 0 Å². The number of pyridine rings is 1. The summed E-state index contributed by atoms with van der Waals surface area (Å²) in [5.74, 6) is 2.80. The molecular formula is C13H14N6OS. The number of rotatable bonds is 5. The number of nitrogens with zero attached hydrogens (tertiary/aromatic N) is 5. The standard InChI is InChI=1S/C13H14N6OS/c1-8(2)12-15-10(19-20-12)7-21-13-16-11(17-18-13)9-4-3-5-14-6-9/h3-6,8H,7H2,1-2H3,(H,16,17,18). The number of H-pyrrole nitrogens is 1. The lowest BCUT2D eigenvalue weighted by Crippen LogP contribution is -1.89. The van der Waals surface area contributed by atoms with Crippen molar-refractivity contribution in [3.8, 4) is 11.4 Å². The highest BCUT2D eigenvalue weighted by molar-refractivity contribution is 7.98. The van der Waals surface area contributed by atoms with Crippen LogP contribution in [0, 0.1) is 0 Å². The zero-order chi connectivity index (χ0) is 14.7. The fraction of sp³-hybridized carbons (Fsp3) is 0.308. The Hall–Kier alpha value is -2.22. The summed E-state index contributed by atoms with van der Waals surface area (Å²) in [4.78, 5) is 12.8. The first-order valence-electron chi connectivity index (χ1n) is 6.50. The van der Waals surface area contributed by atoms with Gasteiger partial charge in [-0.15, -0.1) is 5.10 Å². The van der Waals surface area contributed by atoms with E-state index in [0.29, 0.717) is 28.4 Å². The number of nitrogens with one attached hydrogen (secondary N) is 1. The first kappa shape index (κ1) is 13.7. The van der Waals surface area contributed by atoms with Crippen molar-refractivity contribution in [1.82, 2.24) is 30.3 Å². The molecule has 0 radical (unpaired) electrons. The number of hydrogen-bond acceptors (Lipinski definition) is 7. The Balaban J connectivity index is 1.65. The fourth-order valence-corrected chi connectivity index (χ4v) is 2.27. The third-order valence-electron chi connectivity index (χ3n) is 2.71. The molecule has 3 aromatic heterocycles. The van der Waals surface area contributed by atoms with Gasteiger partial charge in [0.15, 0.2) is 11.6 Å². The van der Waals surface area contributed by atoms with Gasteiger partial charge in [-0.1, -0.05) is 30.8 Å². The summed E-state index contributed by atoms with van der Waals surface area (Å²) in [5, 5.41) is 11.6. The predicted molar refractivity (Wildman–Crippen MR) is 77.6 cm³/mol. The van der Waals surface area contributed by atoms with Gasteiger partial charge < -0.3 is 4.52 Å². The summed E-state index contributed by atoms with van der Waals surface area (Å²) < 4.78 is 5.16. The summed E-state index contributed by atoms with van der Waals surface area (Å²) >= 11 is 1.46. The van der Waals surface area contributed by atoms with Crippen LogP contribution < -0.4 is 0 Å². The van der Waals surface area contributed by atoms with Gasteiger partial charge in [-0.25, -0.2) is 4.98 Å². The van der Waals surface area contributed by atoms with E-state index in [1.54, 1.807) is 12.4 Å². The second-order valence-corrected chi connectivity index (χ2v) is 5.64. The summed E-state index contributed by atoms with van der Waals surface area (Å²) in [6.45, 7) is 4.03. The minimum absolute atomic E-state index is 0.233. The number of thioether (sulfide) groups is 1. The molecule has 0 aliphatic rings. The van der Waals surface area contributed by atoms with Crippen molar-refractivity contribution in [2.45, 2.75) is 30.7 Å². The van der Waals surface area contributed by atoms with Gasteiger partial charge in [-0.05, 0) is 12.1 Å². The zero-order valence-electron chi connectivity index (χ0n) is 11.6. The lowest BCUT2D eigenvalue weighted by atomic mass is 10.2. The zero-order valence-corrected chi connectivity index (χ0v) is 12.5. The van der Waals surface area contributed by atoms with E-state index < -0.39 is 0 Å². The average Bonchev–Trinajstić information content (AvgIpc) is 3.15. The van der Waals surface area contributed by atoms with Gasteiger partial charge >= 0.3 is 0 Å². The van der Waals surface area contributed by atoms with Crippen LogP contribution in [0.4, 0.5) is 0 Å². The maximum atomic E-state index is 5.16. The Morgan fingerprint density at radius 1 is 1.33 bits per heavy atom. The van der Waals surface area contributed by atoms with Crippen LogP contribution >= 0.6 is 11.8 Å². The minimum Gasteiger partial charge on any atom is -0.339 e. The Bertz CT molecular complexity index is 708. The summed E-state index contributed by atoms with van der Waals surface area (Å²) in [6, 6.07) is 3.79. The quantitative estimate of drug-likeness (QED) is 0.724. The van der Waals surface area contributed by atoms with Crippen molar-refractivity contribution in [3.63, 3.8) is 0 Å². The van der Waals surface area contributed by atoms with Crippen LogP contribution in [0.2, 0.25) is 0 Å². The van der Waals surface area contributed by atoms with E-state index in [0.717, 1.165) is 5.56 Å². The molecule has 8 heteroatoms. The molecule has 0 aliphatic heterocycles. The molecule has 1 N–H and O–H groups in total. The van der Waals surface area contributed by atoms with Crippen LogP contribution in [-0.4, -0.2) is 30.3 Å². The van der Waals surface area contributed by atoms with Gasteiger partial charge in [0.2, 0.25) is 11.0 Å². The van der Waals surface area contributed by atoms with Crippen LogP contribution in [0.5, 0.6) is 0 Å². The summed E-state index contributed by atoms with van der Waals surface area (Å²) in [5.41, 5.74) is 0.901. The van der Waals surface area contributed by atoms with E-state index >= 15 is 0 Å². The van der Waals surface area contributed by atoms with Gasteiger partial charge in [-0.3, -0.25) is 10.1 Å². The molecule has 0 aliphatic carbocycles. The largest absolute Gasteiger partial charge is 0.339 e. The van der Waals surface area contributed by atoms with Crippen molar-refractivity contribution < 1.29 is 4.52 Å². The van der Waals surface area contributed by atoms with Gasteiger partial charge in [0, 0.05) is 23.9 Å². The Kier molecular flexibility index (Phi) is 3.96. The van der Waals surface area contributed by atoms with Gasteiger partial charge in [0.25, 0.3) is 0 Å². The van der Waals surface area contributed by atoms with Crippen LogP contribution in [-0.2, 0) is 5.75 Å². The van der Waals surface area contributed by atoms with Crippen molar-refractivity contribution in [1.29, 1.82) is 0 Å². The molecule has 3 heterocycles. The monoisotopic (exact) mass is 302 g/mol. The molecule has 21 heavy (non-hydrogen) atoms. The van der Waals surface area contributed by atoms with Crippen molar-refractivity contribution >= 4 is 11.8 Å². The van der Waals surface area contributed by atoms with E-state index in [9.17, 15) is 0 Å². The van der Waals surface area contributed by atoms with E-state index in [2.05, 4.69) is 30.3 Å². The molecular weight excluding hydrogens is 288 g/mol. The second kappa shape index (κ2) is 6.04. The Labute approximate surface area is 125 Å².